The first kappa shape index (κ1) is 23.2. The summed E-state index contributed by atoms with van der Waals surface area (Å²) < 4.78 is 6.35. The number of hydrogen-bond acceptors (Lipinski definition) is 3. The number of aliphatic hydroxyl groups excluding tert-OH is 1. The van der Waals surface area contributed by atoms with Crippen LogP contribution in [0, 0.1) is 25.4 Å². The van der Waals surface area contributed by atoms with Crippen LogP contribution >= 0.6 is 0 Å². The zero-order valence-electron chi connectivity index (χ0n) is 19.1. The van der Waals surface area contributed by atoms with Crippen molar-refractivity contribution in [2.45, 2.75) is 72.0 Å². The zero-order chi connectivity index (χ0) is 21.3. The molecule has 1 aromatic carbocycles. The molecule has 4 heteroatoms. The molecule has 1 fully saturated rings. The molecule has 0 spiro atoms. The van der Waals surface area contributed by atoms with Gasteiger partial charge < -0.3 is 9.53 Å². The molecule has 0 aliphatic carbocycles. The number of allylic oxidation sites excluding steroid dienone is 1. The van der Waals surface area contributed by atoms with E-state index < -0.39 is 8.32 Å². The van der Waals surface area contributed by atoms with Crippen molar-refractivity contribution in [3.8, 4) is 0 Å². The van der Waals surface area contributed by atoms with Gasteiger partial charge in [-0.1, -0.05) is 70.7 Å². The normalized spacial score (nSPS) is 18.5. The van der Waals surface area contributed by atoms with Crippen LogP contribution in [0.25, 0.3) is 5.57 Å². The molecule has 2 rings (SSSR count). The van der Waals surface area contributed by atoms with Crippen LogP contribution < -0.4 is 4.90 Å². The molecule has 3 nitrogen and oxygen atoms in total. The average molecular weight is 400 g/mol. The van der Waals surface area contributed by atoms with Crippen molar-refractivity contribution < 1.29 is 9.53 Å². The zero-order valence-corrected chi connectivity index (χ0v) is 20.1. The topological polar surface area (TPSA) is 35.4 Å². The maximum Gasteiger partial charge on any atom is 0.343 e. The lowest BCUT2D eigenvalue weighted by Gasteiger charge is -2.36. The Morgan fingerprint density at radius 2 is 1.61 bits per heavy atom. The van der Waals surface area contributed by atoms with E-state index in [0.29, 0.717) is 6.61 Å². The van der Waals surface area contributed by atoms with Crippen molar-refractivity contribution in [2.75, 3.05) is 6.61 Å². The Morgan fingerprint density at radius 3 is 2.11 bits per heavy atom. The van der Waals surface area contributed by atoms with E-state index >= 15 is 0 Å². The molecule has 1 aliphatic rings. The fourth-order valence-electron chi connectivity index (χ4n) is 2.74. The fraction of sp³-hybridized carbons (Fsp3) is 0.500. The average Bonchev–Trinajstić information content (AvgIpc) is 3.05. The molecule has 0 bridgehead atoms. The minimum Gasteiger partial charge on any atom is -0.464 e. The second-order valence-corrected chi connectivity index (χ2v) is 15.0. The Bertz CT molecular complexity index is 693. The summed E-state index contributed by atoms with van der Waals surface area (Å²) in [7, 11) is -1.85. The van der Waals surface area contributed by atoms with Gasteiger partial charge >= 0.3 is 5.88 Å². The van der Waals surface area contributed by atoms with Crippen LogP contribution in [0.2, 0.25) is 18.1 Å². The number of hydrogen-bond donors (Lipinski definition) is 1. The van der Waals surface area contributed by atoms with Crippen LogP contribution in [0.5, 0.6) is 0 Å². The van der Waals surface area contributed by atoms with Gasteiger partial charge in [-0.3, -0.25) is 0 Å². The van der Waals surface area contributed by atoms with Gasteiger partial charge in [-0.05, 0) is 41.6 Å². The summed E-state index contributed by atoms with van der Waals surface area (Å²) in [5.74, 6) is 0.252. The molecule has 1 aliphatic heterocycles. The highest BCUT2D eigenvalue weighted by Crippen LogP contribution is 2.38. The van der Waals surface area contributed by atoms with E-state index in [4.69, 9.17) is 4.43 Å². The molecule has 0 amide bonds. The van der Waals surface area contributed by atoms with Gasteiger partial charge in [-0.25, -0.2) is 0 Å². The van der Waals surface area contributed by atoms with Gasteiger partial charge in [0, 0.05) is 12.8 Å². The van der Waals surface area contributed by atoms with Gasteiger partial charge in [0.25, 0.3) is 0 Å². The van der Waals surface area contributed by atoms with Crippen molar-refractivity contribution in [3.63, 3.8) is 0 Å². The van der Waals surface area contributed by atoms with Crippen LogP contribution in [0.4, 0.5) is 0 Å². The van der Waals surface area contributed by atoms with E-state index in [2.05, 4.69) is 78.9 Å². The predicted octanol–water partition coefficient (Wildman–Crippen LogP) is 6.51. The first-order chi connectivity index (χ1) is 12.7. The standard InChI is InChI=1S/C24H37NO2Si/c1-18(19-12-14-20(15-13-19)23(2,3)4)22(26)25-16-10-11-21(25)17-27-28(8,9)24(5,6)7/h10-16,26H,17H2,1-9H3/q+1/b22-18-. The summed E-state index contributed by atoms with van der Waals surface area (Å²) in [5.41, 5.74) is 3.28. The third-order valence-corrected chi connectivity index (χ3v) is 10.4. The third-order valence-electron chi connectivity index (χ3n) is 5.97. The minimum absolute atomic E-state index is 0.118. The lowest BCUT2D eigenvalue weighted by Crippen LogP contribution is -2.43. The Hall–Kier alpha value is -1.10. The van der Waals surface area contributed by atoms with Gasteiger partial charge in [-0.2, -0.15) is 0 Å². The molecule has 1 saturated heterocycles. The smallest absolute Gasteiger partial charge is 0.343 e. The van der Waals surface area contributed by atoms with Crippen LogP contribution in [0.15, 0.2) is 30.1 Å². The minimum atomic E-state index is -1.85. The number of nitrogens with zero attached hydrogens (tertiary/aromatic N) is 1. The maximum atomic E-state index is 10.9. The third kappa shape index (κ3) is 5.28. The van der Waals surface area contributed by atoms with Crippen LogP contribution in [-0.4, -0.2) is 20.0 Å². The molecule has 0 atom stereocenters. The SMILES string of the molecule is C/C(=C(/O)[N+]1[CH][CH][CH][C]1CO[Si](C)(C)C(C)(C)C)c1ccc(C(C)(C)C)cc1. The molecule has 153 valence electrons. The molecule has 1 heterocycles. The fourth-order valence-corrected chi connectivity index (χ4v) is 3.68. The van der Waals surface area contributed by atoms with Crippen LogP contribution in [0.3, 0.4) is 0 Å². The number of rotatable bonds is 5. The first-order valence-electron chi connectivity index (χ1n) is 10.1. The van der Waals surface area contributed by atoms with Crippen molar-refractivity contribution in [2.24, 2.45) is 0 Å². The predicted molar refractivity (Wildman–Crippen MR) is 122 cm³/mol. The molecule has 5 radical (unpaired) electrons. The molecule has 28 heavy (non-hydrogen) atoms. The Balaban J connectivity index is 2.15. The molecule has 0 aromatic heterocycles. The van der Waals surface area contributed by atoms with E-state index in [1.807, 2.05) is 31.2 Å². The van der Waals surface area contributed by atoms with Gasteiger partial charge in [0.05, 0.1) is 5.57 Å². The second-order valence-electron chi connectivity index (χ2n) is 10.2. The van der Waals surface area contributed by atoms with E-state index in [1.165, 1.54) is 5.56 Å². The van der Waals surface area contributed by atoms with Gasteiger partial charge in [-0.15, -0.1) is 0 Å². The monoisotopic (exact) mass is 399 g/mol. The van der Waals surface area contributed by atoms with Gasteiger partial charge in [0.1, 0.15) is 6.61 Å². The number of aliphatic hydroxyl groups is 1. The Morgan fingerprint density at radius 1 is 1.04 bits per heavy atom. The van der Waals surface area contributed by atoms with Crippen LogP contribution in [0.1, 0.15) is 59.6 Å². The summed E-state index contributed by atoms with van der Waals surface area (Å²) in [5, 5.41) is 11.1. The highest BCUT2D eigenvalue weighted by molar-refractivity contribution is 6.74. The Kier molecular flexibility index (Phi) is 6.90. The molecule has 1 aromatic rings. The summed E-state index contributed by atoms with van der Waals surface area (Å²) >= 11 is 0. The molecule has 0 unspecified atom stereocenters. The highest BCUT2D eigenvalue weighted by atomic mass is 28.4. The van der Waals surface area contributed by atoms with E-state index in [-0.39, 0.29) is 16.3 Å². The van der Waals surface area contributed by atoms with E-state index in [9.17, 15) is 5.11 Å². The number of benzene rings is 1. The largest absolute Gasteiger partial charge is 0.464 e. The quantitative estimate of drug-likeness (QED) is 0.348. The van der Waals surface area contributed by atoms with Crippen molar-refractivity contribution in [1.29, 1.82) is 0 Å². The summed E-state index contributed by atoms with van der Waals surface area (Å²) in [6.07, 6.45) is 3.97. The molecular formula is C24H37NO2Si+. The molecule has 1 N–H and O–H groups in total. The Labute approximate surface area is 173 Å². The van der Waals surface area contributed by atoms with Gasteiger partial charge in [0.15, 0.2) is 8.32 Å². The van der Waals surface area contributed by atoms with E-state index in [0.717, 1.165) is 17.2 Å². The van der Waals surface area contributed by atoms with Crippen molar-refractivity contribution >= 4 is 13.9 Å². The van der Waals surface area contributed by atoms with E-state index in [1.54, 1.807) is 0 Å². The maximum absolute atomic E-state index is 10.9. The highest BCUT2D eigenvalue weighted by Gasteiger charge is 2.45. The van der Waals surface area contributed by atoms with Crippen molar-refractivity contribution in [1.82, 2.24) is 4.90 Å². The molecular weight excluding hydrogens is 362 g/mol. The summed E-state index contributed by atoms with van der Waals surface area (Å²) in [6.45, 7) is 22.2. The lowest BCUT2D eigenvalue weighted by molar-refractivity contribution is 0.257. The lowest BCUT2D eigenvalue weighted by atomic mass is 9.86. The first-order valence-corrected chi connectivity index (χ1v) is 13.0. The molecule has 0 saturated carbocycles. The summed E-state index contributed by atoms with van der Waals surface area (Å²) in [4.78, 5) is 1.83. The van der Waals surface area contributed by atoms with Gasteiger partial charge in [0.2, 0.25) is 12.6 Å². The number of likely N-dealkylation sites (tertiary alicyclic amines) is 1. The van der Waals surface area contributed by atoms with Crippen LogP contribution in [-0.2, 0) is 9.84 Å². The van der Waals surface area contributed by atoms with Crippen molar-refractivity contribution in [3.05, 3.63) is 66.7 Å². The second kappa shape index (κ2) is 8.33. The summed E-state index contributed by atoms with van der Waals surface area (Å²) in [6, 6.07) is 9.42.